The van der Waals surface area contributed by atoms with Crippen LogP contribution >= 0.6 is 11.6 Å². The molecule has 6 rings (SSSR count). The predicted octanol–water partition coefficient (Wildman–Crippen LogP) is 7.77. The minimum atomic E-state index is -0.422. The SMILES string of the molecule is CCn1c(C(=O)OC)c(CCCO)c2ccc(Cl)c(-c3c(C)c(C)nn3CCCc3cc(CCc4cc(O)c5ccc(F)cc5c4)n(CCOC)n3)c21. The van der Waals surface area contributed by atoms with Crippen LogP contribution in [-0.4, -0.2) is 67.7 Å². The molecule has 280 valence electrons. The second-order valence-electron chi connectivity index (χ2n) is 13.4. The number of ether oxygens (including phenoxy) is 2. The summed E-state index contributed by atoms with van der Waals surface area (Å²) in [6.45, 7) is 8.30. The van der Waals surface area contributed by atoms with Gasteiger partial charge in [0.1, 0.15) is 17.3 Å². The highest BCUT2D eigenvalue weighted by Gasteiger charge is 2.28. The van der Waals surface area contributed by atoms with E-state index in [1.807, 2.05) is 52.9 Å². The number of phenols is 1. The molecule has 3 heterocycles. The highest BCUT2D eigenvalue weighted by molar-refractivity contribution is 6.35. The molecule has 0 bridgehead atoms. The molecule has 12 heteroatoms. The van der Waals surface area contributed by atoms with Gasteiger partial charge in [0.2, 0.25) is 0 Å². The normalized spacial score (nSPS) is 11.7. The molecule has 2 N–H and O–H groups in total. The lowest BCUT2D eigenvalue weighted by atomic mass is 10.00. The number of halogens is 2. The number of aryl methyl sites for hydroxylation is 7. The van der Waals surface area contributed by atoms with Crippen LogP contribution in [-0.2, 0) is 54.8 Å². The van der Waals surface area contributed by atoms with Gasteiger partial charge < -0.3 is 24.3 Å². The van der Waals surface area contributed by atoms with E-state index in [1.54, 1.807) is 19.2 Å². The van der Waals surface area contributed by atoms with Gasteiger partial charge in [-0.1, -0.05) is 23.7 Å². The second kappa shape index (κ2) is 16.5. The van der Waals surface area contributed by atoms with Crippen LogP contribution in [0, 0.1) is 19.7 Å². The van der Waals surface area contributed by atoms with Crippen molar-refractivity contribution in [2.45, 2.75) is 78.9 Å². The average molecular weight is 744 g/mol. The van der Waals surface area contributed by atoms with Crippen LogP contribution in [0.2, 0.25) is 5.02 Å². The fourth-order valence-electron chi connectivity index (χ4n) is 7.44. The molecular formula is C41H47ClFN5O5. The Balaban J connectivity index is 1.28. The maximum absolute atomic E-state index is 13.9. The molecule has 0 aliphatic carbocycles. The Morgan fingerprint density at radius 3 is 2.45 bits per heavy atom. The zero-order valence-corrected chi connectivity index (χ0v) is 31.8. The maximum Gasteiger partial charge on any atom is 0.354 e. The number of aliphatic hydroxyl groups excluding tert-OH is 1. The average Bonchev–Trinajstić information content (AvgIpc) is 3.78. The first-order valence-corrected chi connectivity index (χ1v) is 18.5. The molecule has 53 heavy (non-hydrogen) atoms. The van der Waals surface area contributed by atoms with Gasteiger partial charge in [-0.25, -0.2) is 9.18 Å². The van der Waals surface area contributed by atoms with Crippen LogP contribution in [0.15, 0.2) is 48.5 Å². The monoisotopic (exact) mass is 743 g/mol. The number of aromatic hydroxyl groups is 1. The summed E-state index contributed by atoms with van der Waals surface area (Å²) in [7, 11) is 3.05. The van der Waals surface area contributed by atoms with Gasteiger partial charge in [0.05, 0.1) is 47.9 Å². The Morgan fingerprint density at radius 2 is 1.72 bits per heavy atom. The van der Waals surface area contributed by atoms with Crippen molar-refractivity contribution in [3.05, 3.63) is 98.8 Å². The van der Waals surface area contributed by atoms with Crippen LogP contribution in [0.1, 0.15) is 64.0 Å². The summed E-state index contributed by atoms with van der Waals surface area (Å²) >= 11 is 7.05. The lowest BCUT2D eigenvalue weighted by Gasteiger charge is -2.15. The molecule has 0 saturated heterocycles. The third-order valence-electron chi connectivity index (χ3n) is 10.1. The van der Waals surface area contributed by atoms with E-state index in [1.165, 1.54) is 19.2 Å². The smallest absolute Gasteiger partial charge is 0.354 e. The van der Waals surface area contributed by atoms with Crippen LogP contribution in [0.5, 0.6) is 5.75 Å². The van der Waals surface area contributed by atoms with E-state index >= 15 is 0 Å². The number of nitrogens with zero attached hydrogens (tertiary/aromatic N) is 5. The zero-order chi connectivity index (χ0) is 37.8. The van der Waals surface area contributed by atoms with Gasteiger partial charge in [-0.05, 0) is 118 Å². The number of hydrogen-bond acceptors (Lipinski definition) is 7. The van der Waals surface area contributed by atoms with Crippen molar-refractivity contribution in [3.63, 3.8) is 0 Å². The number of esters is 1. The minimum Gasteiger partial charge on any atom is -0.507 e. The van der Waals surface area contributed by atoms with Crippen molar-refractivity contribution >= 4 is 39.2 Å². The molecule has 0 fully saturated rings. The number of hydrogen-bond donors (Lipinski definition) is 2. The van der Waals surface area contributed by atoms with E-state index in [0.29, 0.717) is 79.8 Å². The Hall–Kier alpha value is -4.71. The molecule has 0 radical (unpaired) electrons. The van der Waals surface area contributed by atoms with Gasteiger partial charge >= 0.3 is 5.97 Å². The molecule has 10 nitrogen and oxygen atoms in total. The molecule has 3 aromatic carbocycles. The van der Waals surface area contributed by atoms with Crippen LogP contribution in [0.4, 0.5) is 4.39 Å². The lowest BCUT2D eigenvalue weighted by Crippen LogP contribution is -2.13. The second-order valence-corrected chi connectivity index (χ2v) is 13.8. The Morgan fingerprint density at radius 1 is 0.925 bits per heavy atom. The van der Waals surface area contributed by atoms with Gasteiger partial charge in [0, 0.05) is 48.8 Å². The molecule has 0 atom stereocenters. The summed E-state index contributed by atoms with van der Waals surface area (Å²) in [6, 6.07) is 14.0. The Bertz CT molecular complexity index is 2270. The summed E-state index contributed by atoms with van der Waals surface area (Å²) in [5.74, 6) is -0.619. The summed E-state index contributed by atoms with van der Waals surface area (Å²) in [5.41, 5.74) is 8.72. The molecule has 0 aliphatic rings. The summed E-state index contributed by atoms with van der Waals surface area (Å²) in [4.78, 5) is 13.2. The van der Waals surface area contributed by atoms with Crippen LogP contribution in [0.3, 0.4) is 0 Å². The van der Waals surface area contributed by atoms with Crippen molar-refractivity contribution in [3.8, 4) is 17.0 Å². The molecule has 3 aromatic heterocycles. The van der Waals surface area contributed by atoms with Gasteiger partial charge in [-0.15, -0.1) is 0 Å². The molecule has 0 saturated carbocycles. The number of carbonyl (C=O) groups excluding carboxylic acids is 1. The van der Waals surface area contributed by atoms with Crippen LogP contribution < -0.4 is 0 Å². The first-order valence-electron chi connectivity index (χ1n) is 18.1. The van der Waals surface area contributed by atoms with Gasteiger partial charge in [0.25, 0.3) is 0 Å². The summed E-state index contributed by atoms with van der Waals surface area (Å²) in [6.07, 6.45) is 3.84. The van der Waals surface area contributed by atoms with Crippen LogP contribution in [0.25, 0.3) is 32.9 Å². The molecule has 0 amide bonds. The van der Waals surface area contributed by atoms with E-state index < -0.39 is 5.97 Å². The lowest BCUT2D eigenvalue weighted by molar-refractivity contribution is 0.0587. The highest BCUT2D eigenvalue weighted by Crippen LogP contribution is 2.42. The van der Waals surface area contributed by atoms with Gasteiger partial charge in [0.15, 0.2) is 0 Å². The van der Waals surface area contributed by atoms with Crippen molar-refractivity contribution in [1.82, 2.24) is 24.1 Å². The number of fused-ring (bicyclic) bond motifs is 2. The number of methoxy groups -OCH3 is 2. The maximum atomic E-state index is 13.9. The van der Waals surface area contributed by atoms with E-state index in [2.05, 4.69) is 6.07 Å². The molecular weight excluding hydrogens is 697 g/mol. The van der Waals surface area contributed by atoms with Gasteiger partial charge in [-0.3, -0.25) is 9.36 Å². The number of aliphatic hydroxyl groups is 1. The number of aromatic nitrogens is 5. The first kappa shape index (κ1) is 38.0. The molecule has 6 aromatic rings. The predicted molar refractivity (Wildman–Crippen MR) is 205 cm³/mol. The van der Waals surface area contributed by atoms with E-state index in [4.69, 9.17) is 31.3 Å². The van der Waals surface area contributed by atoms with Crippen molar-refractivity contribution in [1.29, 1.82) is 0 Å². The van der Waals surface area contributed by atoms with Crippen molar-refractivity contribution < 1.29 is 28.9 Å². The fraction of sp³-hybridized carbons (Fsp3) is 0.390. The van der Waals surface area contributed by atoms with E-state index in [0.717, 1.165) is 62.4 Å². The molecule has 0 unspecified atom stereocenters. The molecule has 0 aliphatic heterocycles. The van der Waals surface area contributed by atoms with Crippen molar-refractivity contribution in [2.24, 2.45) is 0 Å². The fourth-order valence-corrected chi connectivity index (χ4v) is 7.68. The van der Waals surface area contributed by atoms with Crippen molar-refractivity contribution in [2.75, 3.05) is 27.4 Å². The number of rotatable bonds is 16. The highest BCUT2D eigenvalue weighted by atomic mass is 35.5. The largest absolute Gasteiger partial charge is 0.507 e. The third kappa shape index (κ3) is 7.69. The van der Waals surface area contributed by atoms with E-state index in [9.17, 15) is 19.4 Å². The Labute approximate surface area is 313 Å². The molecule has 0 spiro atoms. The number of benzene rings is 3. The minimum absolute atomic E-state index is 0.00829. The number of carbonyl (C=O) groups is 1. The zero-order valence-electron chi connectivity index (χ0n) is 31.0. The third-order valence-corrected chi connectivity index (χ3v) is 10.4. The van der Waals surface area contributed by atoms with Gasteiger partial charge in [-0.2, -0.15) is 10.2 Å². The topological polar surface area (TPSA) is 117 Å². The number of phenolic OH excluding ortho intramolecular Hbond substituents is 1. The standard InChI is InChI=1S/C41H47ClFN5O5/c1-6-46-39-34(33(10-8-19-49)40(46)41(51)53-5)15-16-35(42)37(39)38-25(2)26(3)44-48(38)17-7-9-30-24-31(47(45-30)18-20-52-4)13-11-27-21-28-23-29(43)12-14-32(28)36(50)22-27/h12,14-16,21-24,49-50H,6-11,13,17-20H2,1-5H3. The summed E-state index contributed by atoms with van der Waals surface area (Å²) in [5, 5.41) is 32.9. The summed E-state index contributed by atoms with van der Waals surface area (Å²) < 4.78 is 30.5. The van der Waals surface area contributed by atoms with E-state index in [-0.39, 0.29) is 18.2 Å². The Kier molecular flexibility index (Phi) is 11.9. The quantitative estimate of drug-likeness (QED) is 0.0974. The first-order chi connectivity index (χ1) is 25.6.